The van der Waals surface area contributed by atoms with Gasteiger partial charge in [-0.15, -0.1) is 0 Å². The Balaban J connectivity index is 1.54. The summed E-state index contributed by atoms with van der Waals surface area (Å²) in [6.45, 7) is 3.63. The number of piperidine rings is 1. The smallest absolute Gasteiger partial charge is 0.253 e. The van der Waals surface area contributed by atoms with Crippen LogP contribution in [0.4, 0.5) is 0 Å². The molecule has 0 spiro atoms. The summed E-state index contributed by atoms with van der Waals surface area (Å²) in [5.41, 5.74) is 1.53. The van der Waals surface area contributed by atoms with Crippen LogP contribution in [0.1, 0.15) is 35.8 Å². The van der Waals surface area contributed by atoms with Crippen LogP contribution in [0.25, 0.3) is 0 Å². The van der Waals surface area contributed by atoms with E-state index in [0.29, 0.717) is 31.2 Å². The zero-order valence-electron chi connectivity index (χ0n) is 14.5. The Bertz CT molecular complexity index is 678. The fourth-order valence-electron chi connectivity index (χ4n) is 3.10. The Hall–Kier alpha value is -2.40. The van der Waals surface area contributed by atoms with Crippen LogP contribution in [0.5, 0.6) is 5.75 Å². The van der Waals surface area contributed by atoms with Gasteiger partial charge in [-0.3, -0.25) is 9.78 Å². The second-order valence-electron chi connectivity index (χ2n) is 6.50. The molecule has 1 amide bonds. The molecule has 2 heterocycles. The number of amides is 1. The molecule has 1 atom stereocenters. The van der Waals surface area contributed by atoms with Crippen LogP contribution in [0, 0.1) is 5.92 Å². The highest BCUT2D eigenvalue weighted by Crippen LogP contribution is 2.22. The number of ether oxygens (including phenoxy) is 1. The summed E-state index contributed by atoms with van der Waals surface area (Å²) < 4.78 is 5.70. The van der Waals surface area contributed by atoms with Gasteiger partial charge < -0.3 is 14.7 Å². The summed E-state index contributed by atoms with van der Waals surface area (Å²) in [7, 11) is 0. The molecule has 25 heavy (non-hydrogen) atoms. The lowest BCUT2D eigenvalue weighted by molar-refractivity contribution is 0.0521. The molecular weight excluding hydrogens is 316 g/mol. The van der Waals surface area contributed by atoms with Crippen LogP contribution in [-0.2, 0) is 6.61 Å². The van der Waals surface area contributed by atoms with Crippen molar-refractivity contribution in [3.8, 4) is 5.75 Å². The number of hydrogen-bond donors (Lipinski definition) is 1. The molecule has 3 rings (SSSR count). The highest BCUT2D eigenvalue weighted by molar-refractivity contribution is 5.94. The molecule has 1 aromatic carbocycles. The van der Waals surface area contributed by atoms with Crippen molar-refractivity contribution in [1.82, 2.24) is 9.88 Å². The number of aromatic nitrogens is 1. The van der Waals surface area contributed by atoms with Gasteiger partial charge in [-0.1, -0.05) is 6.07 Å². The largest absolute Gasteiger partial charge is 0.487 e. The maximum atomic E-state index is 12.6. The zero-order valence-corrected chi connectivity index (χ0v) is 14.5. The average Bonchev–Trinajstić information content (AvgIpc) is 2.67. The molecule has 0 bridgehead atoms. The normalized spacial score (nSPS) is 16.5. The first-order valence-corrected chi connectivity index (χ1v) is 8.73. The molecule has 1 fully saturated rings. The van der Waals surface area contributed by atoms with E-state index in [1.807, 2.05) is 42.2 Å². The Morgan fingerprint density at radius 1 is 1.24 bits per heavy atom. The number of aliphatic hydroxyl groups is 1. The number of carbonyl (C=O) groups is 1. The van der Waals surface area contributed by atoms with Gasteiger partial charge in [0, 0.05) is 24.8 Å². The van der Waals surface area contributed by atoms with Crippen molar-refractivity contribution in [2.75, 3.05) is 13.1 Å². The predicted octanol–water partition coefficient (Wildman–Crippen LogP) is 2.89. The molecule has 132 valence electrons. The maximum absolute atomic E-state index is 12.6. The molecule has 1 N–H and O–H groups in total. The van der Waals surface area contributed by atoms with Crippen LogP contribution in [-0.4, -0.2) is 40.1 Å². The van der Waals surface area contributed by atoms with Crippen molar-refractivity contribution >= 4 is 5.91 Å². The molecule has 5 heteroatoms. The van der Waals surface area contributed by atoms with Gasteiger partial charge in [-0.2, -0.15) is 0 Å². The molecule has 2 aromatic rings. The Morgan fingerprint density at radius 2 is 1.96 bits per heavy atom. The van der Waals surface area contributed by atoms with Crippen LogP contribution < -0.4 is 4.74 Å². The van der Waals surface area contributed by atoms with Crippen molar-refractivity contribution in [2.24, 2.45) is 5.92 Å². The fraction of sp³-hybridized carbons (Fsp3) is 0.400. The predicted molar refractivity (Wildman–Crippen MR) is 95.3 cm³/mol. The lowest BCUT2D eigenvalue weighted by Gasteiger charge is -2.33. The van der Waals surface area contributed by atoms with E-state index < -0.39 is 0 Å². The number of pyridine rings is 1. The van der Waals surface area contributed by atoms with E-state index in [4.69, 9.17) is 4.74 Å². The quantitative estimate of drug-likeness (QED) is 0.909. The second-order valence-corrected chi connectivity index (χ2v) is 6.50. The van der Waals surface area contributed by atoms with E-state index in [0.717, 1.165) is 24.3 Å². The highest BCUT2D eigenvalue weighted by Gasteiger charge is 2.25. The summed E-state index contributed by atoms with van der Waals surface area (Å²) in [5.74, 6) is 1.06. The number of benzene rings is 1. The highest BCUT2D eigenvalue weighted by atomic mass is 16.5. The summed E-state index contributed by atoms with van der Waals surface area (Å²) >= 11 is 0. The summed E-state index contributed by atoms with van der Waals surface area (Å²) in [6, 6.07) is 12.9. The van der Waals surface area contributed by atoms with Crippen molar-refractivity contribution < 1.29 is 14.6 Å². The lowest BCUT2D eigenvalue weighted by atomic mass is 9.92. The minimum atomic E-state index is -0.298. The van der Waals surface area contributed by atoms with Crippen LogP contribution in [0.2, 0.25) is 0 Å². The molecule has 1 aliphatic heterocycles. The molecule has 1 unspecified atom stereocenters. The minimum Gasteiger partial charge on any atom is -0.487 e. The summed E-state index contributed by atoms with van der Waals surface area (Å²) in [6.07, 6.45) is 3.15. The third-order valence-electron chi connectivity index (χ3n) is 4.72. The Morgan fingerprint density at radius 3 is 2.56 bits per heavy atom. The van der Waals surface area contributed by atoms with Crippen molar-refractivity contribution in [2.45, 2.75) is 32.5 Å². The van der Waals surface area contributed by atoms with Gasteiger partial charge in [0.2, 0.25) is 0 Å². The third kappa shape index (κ3) is 4.57. The van der Waals surface area contributed by atoms with Gasteiger partial charge in [0.25, 0.3) is 5.91 Å². The van der Waals surface area contributed by atoms with E-state index in [2.05, 4.69) is 4.98 Å². The van der Waals surface area contributed by atoms with Gasteiger partial charge in [0.05, 0.1) is 11.8 Å². The molecule has 0 radical (unpaired) electrons. The number of likely N-dealkylation sites (tertiary alicyclic amines) is 1. The average molecular weight is 340 g/mol. The monoisotopic (exact) mass is 340 g/mol. The third-order valence-corrected chi connectivity index (χ3v) is 4.72. The molecule has 1 aliphatic rings. The topological polar surface area (TPSA) is 62.7 Å². The SMILES string of the molecule is CC(O)C1CCN(C(=O)c2ccc(OCc3ccccn3)cc2)CC1. The van der Waals surface area contributed by atoms with Gasteiger partial charge >= 0.3 is 0 Å². The number of aliphatic hydroxyl groups excluding tert-OH is 1. The van der Waals surface area contributed by atoms with E-state index in [-0.39, 0.29) is 12.0 Å². The van der Waals surface area contributed by atoms with Crippen molar-refractivity contribution in [3.05, 3.63) is 59.9 Å². The molecular formula is C20H24N2O3. The molecule has 1 saturated heterocycles. The first-order chi connectivity index (χ1) is 12.1. The van der Waals surface area contributed by atoms with E-state index >= 15 is 0 Å². The van der Waals surface area contributed by atoms with Crippen molar-refractivity contribution in [1.29, 1.82) is 0 Å². The molecule has 0 saturated carbocycles. The Kier molecular flexibility index (Phi) is 5.66. The zero-order chi connectivity index (χ0) is 17.6. The van der Waals surface area contributed by atoms with Gasteiger partial charge in [0.15, 0.2) is 0 Å². The van der Waals surface area contributed by atoms with Gasteiger partial charge in [0.1, 0.15) is 12.4 Å². The molecule has 0 aliphatic carbocycles. The van der Waals surface area contributed by atoms with Gasteiger partial charge in [-0.05, 0) is 62.1 Å². The molecule has 5 nitrogen and oxygen atoms in total. The number of nitrogens with zero attached hydrogens (tertiary/aromatic N) is 2. The van der Waals surface area contributed by atoms with Gasteiger partial charge in [-0.25, -0.2) is 0 Å². The van der Waals surface area contributed by atoms with E-state index in [1.54, 1.807) is 18.3 Å². The van der Waals surface area contributed by atoms with Crippen LogP contribution in [0.3, 0.4) is 0 Å². The summed E-state index contributed by atoms with van der Waals surface area (Å²) in [4.78, 5) is 18.7. The molecule has 1 aromatic heterocycles. The fourth-order valence-corrected chi connectivity index (χ4v) is 3.10. The standard InChI is InChI=1S/C20H24N2O3/c1-15(23)16-9-12-22(13-10-16)20(24)17-5-7-19(8-6-17)25-14-18-4-2-3-11-21-18/h2-8,11,15-16,23H,9-10,12-14H2,1H3. The second kappa shape index (κ2) is 8.12. The minimum absolute atomic E-state index is 0.0420. The van der Waals surface area contributed by atoms with E-state index in [9.17, 15) is 9.90 Å². The maximum Gasteiger partial charge on any atom is 0.253 e. The number of rotatable bonds is 5. The Labute approximate surface area is 148 Å². The first-order valence-electron chi connectivity index (χ1n) is 8.73. The van der Waals surface area contributed by atoms with Crippen LogP contribution >= 0.6 is 0 Å². The van der Waals surface area contributed by atoms with Crippen LogP contribution in [0.15, 0.2) is 48.7 Å². The lowest BCUT2D eigenvalue weighted by Crippen LogP contribution is -2.40. The number of hydrogen-bond acceptors (Lipinski definition) is 4. The first kappa shape index (κ1) is 17.4. The van der Waals surface area contributed by atoms with E-state index in [1.165, 1.54) is 0 Å². The number of carbonyl (C=O) groups excluding carboxylic acids is 1. The summed E-state index contributed by atoms with van der Waals surface area (Å²) in [5, 5.41) is 9.66. The van der Waals surface area contributed by atoms with Crippen molar-refractivity contribution in [3.63, 3.8) is 0 Å².